The maximum atomic E-state index is 14.2. The van der Waals surface area contributed by atoms with E-state index in [1.54, 1.807) is 18.3 Å². The van der Waals surface area contributed by atoms with Gasteiger partial charge in [0.1, 0.15) is 0 Å². The van der Waals surface area contributed by atoms with Crippen molar-refractivity contribution < 1.29 is 9.59 Å². The summed E-state index contributed by atoms with van der Waals surface area (Å²) in [6.07, 6.45) is 4.00. The van der Waals surface area contributed by atoms with Gasteiger partial charge in [-0.3, -0.25) is 9.59 Å². The molecule has 5 rings (SSSR count). The summed E-state index contributed by atoms with van der Waals surface area (Å²) in [5.41, 5.74) is 5.84. The summed E-state index contributed by atoms with van der Waals surface area (Å²) >= 11 is 14.5. The maximum Gasteiger partial charge on any atom is 0.168 e. The van der Waals surface area contributed by atoms with E-state index in [1.165, 1.54) is 11.8 Å². The molecule has 0 radical (unpaired) electrons. The average molecular weight is 617 g/mol. The number of rotatable bonds is 10. The van der Waals surface area contributed by atoms with Gasteiger partial charge >= 0.3 is 0 Å². The number of imidazole rings is 1. The second-order valence-electron chi connectivity index (χ2n) is 10.3. The number of thioether (sulfide) groups is 1. The van der Waals surface area contributed by atoms with Crippen LogP contribution in [0.15, 0.2) is 113 Å². The van der Waals surface area contributed by atoms with Crippen LogP contribution >= 0.6 is 35.0 Å². The van der Waals surface area contributed by atoms with Crippen molar-refractivity contribution in [3.05, 3.63) is 140 Å². The first-order chi connectivity index (χ1) is 20.3. The minimum absolute atomic E-state index is 0.105. The fourth-order valence-electron chi connectivity index (χ4n) is 5.54. The lowest BCUT2D eigenvalue weighted by Gasteiger charge is -2.32. The summed E-state index contributed by atoms with van der Waals surface area (Å²) < 4.78 is 2.11. The topological polar surface area (TPSA) is 64.0 Å². The van der Waals surface area contributed by atoms with Gasteiger partial charge in [0, 0.05) is 52.0 Å². The van der Waals surface area contributed by atoms with E-state index in [-0.39, 0.29) is 24.4 Å². The highest BCUT2D eigenvalue weighted by Gasteiger charge is 2.38. The van der Waals surface area contributed by atoms with Crippen LogP contribution in [0.5, 0.6) is 0 Å². The van der Waals surface area contributed by atoms with E-state index in [9.17, 15) is 9.59 Å². The lowest BCUT2D eigenvalue weighted by atomic mass is 9.77. The number of nitrogens with zero attached hydrogens (tertiary/aromatic N) is 2. The molecule has 2 heterocycles. The third kappa shape index (κ3) is 6.26. The van der Waals surface area contributed by atoms with E-state index < -0.39 is 5.92 Å². The molecule has 8 heteroatoms. The Balaban J connectivity index is 1.65. The van der Waals surface area contributed by atoms with Crippen molar-refractivity contribution in [2.45, 2.75) is 44.3 Å². The van der Waals surface area contributed by atoms with Crippen LogP contribution in [0.1, 0.15) is 42.1 Å². The lowest BCUT2D eigenvalue weighted by Crippen LogP contribution is -2.33. The highest BCUT2D eigenvalue weighted by atomic mass is 35.5. The molecule has 0 fully saturated rings. The molecule has 42 heavy (non-hydrogen) atoms. The summed E-state index contributed by atoms with van der Waals surface area (Å²) in [6, 6.07) is 24.8. The largest absolute Gasteiger partial charge is 0.362 e. The third-order valence-corrected chi connectivity index (χ3v) is 8.92. The minimum atomic E-state index is -0.631. The van der Waals surface area contributed by atoms with Gasteiger partial charge in [0.25, 0.3) is 0 Å². The normalized spacial score (nSPS) is 13.8. The van der Waals surface area contributed by atoms with Crippen LogP contribution in [0.3, 0.4) is 0 Å². The van der Waals surface area contributed by atoms with Crippen molar-refractivity contribution in [1.82, 2.24) is 14.9 Å². The Labute approximate surface area is 260 Å². The number of carbonyl (C=O) groups excluding carboxylic acids is 2. The van der Waals surface area contributed by atoms with E-state index in [0.717, 1.165) is 27.5 Å². The molecule has 214 valence electrons. The van der Waals surface area contributed by atoms with E-state index in [2.05, 4.69) is 22.0 Å². The summed E-state index contributed by atoms with van der Waals surface area (Å²) in [4.78, 5) is 33.1. The summed E-state index contributed by atoms with van der Waals surface area (Å²) in [6.45, 7) is 4.32. The second-order valence-corrected chi connectivity index (χ2v) is 11.8. The summed E-state index contributed by atoms with van der Waals surface area (Å²) in [5.74, 6) is -0.841. The van der Waals surface area contributed by atoms with Crippen LogP contribution in [0, 0.1) is 0 Å². The Hall–Kier alpha value is -3.58. The number of aromatic nitrogens is 2. The highest BCUT2D eigenvalue weighted by molar-refractivity contribution is 7.98. The molecule has 3 aromatic carbocycles. The van der Waals surface area contributed by atoms with Crippen molar-refractivity contribution >= 4 is 46.5 Å². The minimum Gasteiger partial charge on any atom is -0.362 e. The smallest absolute Gasteiger partial charge is 0.168 e. The Morgan fingerprint density at radius 3 is 1.81 bits per heavy atom. The Morgan fingerprint density at radius 2 is 1.31 bits per heavy atom. The zero-order chi connectivity index (χ0) is 29.8. The summed E-state index contributed by atoms with van der Waals surface area (Å²) in [5, 5.41) is 5.22. The van der Waals surface area contributed by atoms with Crippen molar-refractivity contribution in [2.75, 3.05) is 6.26 Å². The van der Waals surface area contributed by atoms with Crippen LogP contribution < -0.4 is 5.32 Å². The number of nitrogens with one attached hydrogen (secondary N) is 1. The zero-order valence-electron chi connectivity index (χ0n) is 23.7. The SMILES string of the molecule is CSc1ncc(C2C(C(=O)Cc3ccccc3Cl)=C(C)NC(C)=C2C(=O)Cc2ccccc2Cl)n1Cc1ccccc1. The Bertz CT molecular complexity index is 1630. The van der Waals surface area contributed by atoms with Crippen LogP contribution in [0.25, 0.3) is 0 Å². The predicted octanol–water partition coefficient (Wildman–Crippen LogP) is 7.82. The second kappa shape index (κ2) is 13.2. The molecule has 0 spiro atoms. The number of dihydropyridines is 1. The maximum absolute atomic E-state index is 14.2. The highest BCUT2D eigenvalue weighted by Crippen LogP contribution is 2.41. The molecule has 1 N–H and O–H groups in total. The van der Waals surface area contributed by atoms with Crippen LogP contribution in [-0.2, 0) is 29.0 Å². The van der Waals surface area contributed by atoms with Gasteiger partial charge < -0.3 is 9.88 Å². The standard InChI is InChI=1S/C34H31Cl2N3O2S/c1-21-31(29(40)17-24-13-7-9-15-26(24)35)33(28-19-37-34(42-3)39(28)20-23-11-5-4-6-12-23)32(22(2)38-21)30(41)18-25-14-8-10-16-27(25)36/h4-16,19,33,38H,17-18,20H2,1-3H3. The number of hydrogen-bond acceptors (Lipinski definition) is 5. The van der Waals surface area contributed by atoms with Gasteiger partial charge in [0.05, 0.1) is 17.8 Å². The van der Waals surface area contributed by atoms with Crippen LogP contribution in [0.4, 0.5) is 0 Å². The van der Waals surface area contributed by atoms with Crippen molar-refractivity contribution in [1.29, 1.82) is 0 Å². The summed E-state index contributed by atoms with van der Waals surface area (Å²) in [7, 11) is 0. The Kier molecular flexibility index (Phi) is 9.37. The molecule has 0 saturated heterocycles. The number of benzene rings is 3. The average Bonchev–Trinajstić information content (AvgIpc) is 3.37. The molecule has 0 unspecified atom stereocenters. The van der Waals surface area contributed by atoms with E-state index >= 15 is 0 Å². The molecule has 0 bridgehead atoms. The number of Topliss-reactive ketones (excluding diaryl/α,β-unsaturated/α-hetero) is 2. The third-order valence-electron chi connectivity index (χ3n) is 7.49. The molecule has 0 saturated carbocycles. The van der Waals surface area contributed by atoms with Gasteiger partial charge in [-0.25, -0.2) is 4.98 Å². The fraction of sp³-hybridized carbons (Fsp3) is 0.206. The number of halogens is 2. The molecular weight excluding hydrogens is 585 g/mol. The van der Waals surface area contributed by atoms with E-state index in [4.69, 9.17) is 28.2 Å². The zero-order valence-corrected chi connectivity index (χ0v) is 26.0. The van der Waals surface area contributed by atoms with E-state index in [1.807, 2.05) is 74.7 Å². The van der Waals surface area contributed by atoms with Crippen LogP contribution in [0.2, 0.25) is 10.0 Å². The fourth-order valence-corrected chi connectivity index (χ4v) is 6.49. The molecule has 0 aliphatic carbocycles. The van der Waals surface area contributed by atoms with E-state index in [0.29, 0.717) is 39.1 Å². The Morgan fingerprint density at radius 1 is 0.810 bits per heavy atom. The quantitative estimate of drug-likeness (QED) is 0.184. The van der Waals surface area contributed by atoms with Gasteiger partial charge in [-0.2, -0.15) is 0 Å². The monoisotopic (exact) mass is 615 g/mol. The molecule has 4 aromatic rings. The molecule has 1 aliphatic heterocycles. The predicted molar refractivity (Wildman–Crippen MR) is 171 cm³/mol. The first-order valence-corrected chi connectivity index (χ1v) is 15.6. The molecule has 0 amide bonds. The van der Waals surface area contributed by atoms with Crippen molar-refractivity contribution in [2.24, 2.45) is 0 Å². The molecule has 1 aromatic heterocycles. The number of hydrogen-bond donors (Lipinski definition) is 1. The van der Waals surface area contributed by atoms with Crippen LogP contribution in [-0.4, -0.2) is 27.4 Å². The van der Waals surface area contributed by atoms with Gasteiger partial charge in [0.2, 0.25) is 0 Å². The molecular formula is C34H31Cl2N3O2S. The van der Waals surface area contributed by atoms with Crippen molar-refractivity contribution in [3.63, 3.8) is 0 Å². The lowest BCUT2D eigenvalue weighted by molar-refractivity contribution is -0.115. The number of carbonyl (C=O) groups is 2. The van der Waals surface area contributed by atoms with Crippen molar-refractivity contribution in [3.8, 4) is 0 Å². The van der Waals surface area contributed by atoms with Gasteiger partial charge in [-0.1, -0.05) is 102 Å². The number of ketones is 2. The first-order valence-electron chi connectivity index (χ1n) is 13.6. The van der Waals surface area contributed by atoms with Gasteiger partial charge in [-0.05, 0) is 48.9 Å². The van der Waals surface area contributed by atoms with Gasteiger partial charge in [0.15, 0.2) is 16.7 Å². The molecule has 0 atom stereocenters. The number of allylic oxidation sites excluding steroid dienone is 4. The molecule has 1 aliphatic rings. The first kappa shape index (κ1) is 29.9. The van der Waals surface area contributed by atoms with Gasteiger partial charge in [-0.15, -0.1) is 0 Å². The molecule has 5 nitrogen and oxygen atoms in total.